The van der Waals surface area contributed by atoms with Gasteiger partial charge in [-0.25, -0.2) is 0 Å². The van der Waals surface area contributed by atoms with Crippen molar-refractivity contribution < 1.29 is 0 Å². The molecule has 134 heavy (non-hydrogen) atoms. The maximum absolute atomic E-state index is 2.37. The second-order valence-electron chi connectivity index (χ2n) is 35.0. The third kappa shape index (κ3) is 14.7. The molecule has 0 heteroatoms. The first kappa shape index (κ1) is 79.9. The first-order valence-corrected chi connectivity index (χ1v) is 46.4. The van der Waals surface area contributed by atoms with Gasteiger partial charge in [0.1, 0.15) is 0 Å². The van der Waals surface area contributed by atoms with Gasteiger partial charge in [-0.2, -0.15) is 0 Å². The summed E-state index contributed by atoms with van der Waals surface area (Å²) in [5, 5.41) is 27.9. The summed E-state index contributed by atoms with van der Waals surface area (Å²) >= 11 is 0. The number of rotatable bonds is 12. The Bertz CT molecular complexity index is 8490. The summed E-state index contributed by atoms with van der Waals surface area (Å²) in [6.45, 7) is 0. The van der Waals surface area contributed by atoms with Crippen LogP contribution in [0.2, 0.25) is 0 Å². The van der Waals surface area contributed by atoms with Gasteiger partial charge in [0.15, 0.2) is 0 Å². The Kier molecular flexibility index (Phi) is 20.8. The fraction of sp³-hybridized carbons (Fsp3) is 0. The molecule has 0 aromatic heterocycles. The number of fused-ring (bicyclic) bond motifs is 11. The zero-order valence-corrected chi connectivity index (χ0v) is 73.8. The van der Waals surface area contributed by atoms with Crippen molar-refractivity contribution in [3.63, 3.8) is 0 Å². The van der Waals surface area contributed by atoms with Crippen molar-refractivity contribution in [1.82, 2.24) is 0 Å². The van der Waals surface area contributed by atoms with Gasteiger partial charge >= 0.3 is 0 Å². The molecule has 0 atom stereocenters. The molecule has 0 radical (unpaired) electrons. The Morgan fingerprint density at radius 2 is 0.261 bits per heavy atom. The molecule has 0 heterocycles. The monoisotopic (exact) mass is 1700 g/mol. The molecule has 0 spiro atoms. The summed E-state index contributed by atoms with van der Waals surface area (Å²) in [6, 6.07) is 195. The highest BCUT2D eigenvalue weighted by Crippen LogP contribution is 2.53. The topological polar surface area (TPSA) is 0 Å². The zero-order valence-electron chi connectivity index (χ0n) is 73.8. The molecular weight excluding hydrogens is 1610 g/mol. The van der Waals surface area contributed by atoms with Crippen LogP contribution in [0.5, 0.6) is 0 Å². The minimum atomic E-state index is 1.22. The van der Waals surface area contributed by atoms with Crippen LogP contribution < -0.4 is 0 Å². The van der Waals surface area contributed by atoms with E-state index in [4.69, 9.17) is 0 Å². The molecule has 0 fully saturated rings. The lowest BCUT2D eigenvalue weighted by Gasteiger charge is -2.22. The van der Waals surface area contributed by atoms with Gasteiger partial charge in [0, 0.05) is 0 Å². The van der Waals surface area contributed by atoms with Crippen LogP contribution in [0.15, 0.2) is 534 Å². The zero-order chi connectivity index (χ0) is 88.8. The molecule has 0 aliphatic rings. The first-order chi connectivity index (χ1) is 66.5. The predicted octanol–water partition coefficient (Wildman–Crippen LogP) is 37.7. The smallest absolute Gasteiger partial charge is 0.00139 e. The Morgan fingerprint density at radius 3 is 0.560 bits per heavy atom. The summed E-state index contributed by atoms with van der Waals surface area (Å²) in [7, 11) is 0. The van der Waals surface area contributed by atoms with E-state index in [-0.39, 0.29) is 0 Å². The lowest BCUT2D eigenvalue weighted by atomic mass is 9.81. The highest BCUT2D eigenvalue weighted by Gasteiger charge is 2.26. The molecular formula is C134H88. The third-order valence-electron chi connectivity index (χ3n) is 27.3. The molecule has 0 unspecified atom stereocenters. The van der Waals surface area contributed by atoms with Gasteiger partial charge < -0.3 is 0 Å². The maximum atomic E-state index is 2.37. The van der Waals surface area contributed by atoms with Gasteiger partial charge in [-0.1, -0.05) is 504 Å². The lowest BCUT2D eigenvalue weighted by molar-refractivity contribution is 1.58. The molecule has 0 nitrogen and oxygen atoms in total. The van der Waals surface area contributed by atoms with E-state index >= 15 is 0 Å². The molecule has 0 bridgehead atoms. The third-order valence-corrected chi connectivity index (χ3v) is 27.3. The molecule has 26 rings (SSSR count). The normalized spacial score (nSPS) is 11.4. The van der Waals surface area contributed by atoms with Crippen molar-refractivity contribution in [1.29, 1.82) is 0 Å². The van der Waals surface area contributed by atoms with Crippen LogP contribution in [0.25, 0.3) is 252 Å². The predicted molar refractivity (Wildman–Crippen MR) is 577 cm³/mol. The fourth-order valence-corrected chi connectivity index (χ4v) is 21.2. The molecule has 0 aliphatic heterocycles. The summed E-state index contributed by atoms with van der Waals surface area (Å²) in [5.74, 6) is 0. The van der Waals surface area contributed by atoms with Gasteiger partial charge in [-0.3, -0.25) is 0 Å². The Hall–Kier alpha value is -17.4. The Balaban J connectivity index is 0.000000112. The van der Waals surface area contributed by atoms with Crippen molar-refractivity contribution >= 4 is 118 Å². The minimum absolute atomic E-state index is 1.22. The van der Waals surface area contributed by atoms with Gasteiger partial charge in [0.25, 0.3) is 0 Å². The van der Waals surface area contributed by atoms with Crippen LogP contribution in [0.4, 0.5) is 0 Å². The van der Waals surface area contributed by atoms with Crippen LogP contribution in [0, 0.1) is 0 Å². The van der Waals surface area contributed by atoms with Crippen LogP contribution in [-0.2, 0) is 0 Å². The Labute approximate surface area is 780 Å². The molecule has 0 N–H and O–H groups in total. The molecule has 624 valence electrons. The van der Waals surface area contributed by atoms with E-state index in [1.165, 1.54) is 252 Å². The molecule has 0 saturated heterocycles. The average molecular weight is 1700 g/mol. The van der Waals surface area contributed by atoms with Crippen molar-refractivity contribution in [3.8, 4) is 134 Å². The van der Waals surface area contributed by atoms with Crippen molar-refractivity contribution in [2.24, 2.45) is 0 Å². The van der Waals surface area contributed by atoms with E-state index in [1.807, 2.05) is 0 Å². The quantitative estimate of drug-likeness (QED) is 0.107. The number of benzene rings is 26. The van der Waals surface area contributed by atoms with E-state index in [2.05, 4.69) is 534 Å². The Morgan fingerprint density at radius 1 is 0.0746 bits per heavy atom. The van der Waals surface area contributed by atoms with Gasteiger partial charge in [-0.15, -0.1) is 0 Å². The van der Waals surface area contributed by atoms with Crippen LogP contribution in [0.3, 0.4) is 0 Å². The first-order valence-electron chi connectivity index (χ1n) is 46.4. The van der Waals surface area contributed by atoms with Gasteiger partial charge in [-0.05, 0) is 282 Å². The summed E-state index contributed by atoms with van der Waals surface area (Å²) in [5.41, 5.74) is 30.0. The van der Waals surface area contributed by atoms with E-state index < -0.39 is 0 Å². The highest BCUT2D eigenvalue weighted by atomic mass is 14.3. The van der Waals surface area contributed by atoms with Gasteiger partial charge in [0.2, 0.25) is 0 Å². The standard InChI is InChI=1S/C52H34.C42H28.C40H26/c1-3-15-35(16-4-1)37-27-31-39(32-28-37)49-41-19-7-11-23-45(41)51(46-24-12-8-20-42(46)49)52-47-25-13-9-21-43(47)50(44-22-10-14-26-48(44)52)40-33-29-38(30-34-40)36-17-5-2-6-18-36;1-3-13-29(14-4-1)34-26-35(30-15-5-2-6-16-30)28-36(27-34)42-39-21-11-9-19-37(39)41(38-20-10-12-22-40(38)42)33-24-23-31-17-7-8-18-32(31)25-33;1-2-12-31-26-32(25-20-27(31)10-1)40-37-17-7-5-15-35(37)39(36-16-6-8-18-38(36)40)30-23-21-29(22-24-30)34-19-9-13-28-11-3-4-14-33(28)34/h1-34H;1-28H;1-26H. The SMILES string of the molecule is c1ccc(-c2cc(-c3ccccc3)cc(-c3c4ccccc4c(-c4ccc5ccccc5c4)c4ccccc34)c2)cc1.c1ccc(-c2ccc(-c3c4ccccc4c(-c4c5ccccc5c(-c5ccc(-c6ccccc6)cc5)c5ccccc45)c4ccccc34)cc2)cc1.c1ccc2cc(-c3c4ccccc4c(-c4ccc(-c5cccc6ccccc56)cc4)c4ccccc34)ccc2c1. The van der Waals surface area contributed by atoms with Gasteiger partial charge in [0.05, 0.1) is 0 Å². The molecule has 26 aromatic rings. The number of hydrogen-bond acceptors (Lipinski definition) is 0. The number of hydrogen-bond donors (Lipinski definition) is 0. The minimum Gasteiger partial charge on any atom is -0.0622 e. The molecule has 0 aliphatic carbocycles. The van der Waals surface area contributed by atoms with Crippen molar-refractivity contribution in [2.45, 2.75) is 0 Å². The largest absolute Gasteiger partial charge is 0.0622 e. The molecule has 0 saturated carbocycles. The van der Waals surface area contributed by atoms with Crippen LogP contribution in [-0.4, -0.2) is 0 Å². The van der Waals surface area contributed by atoms with Crippen LogP contribution in [0.1, 0.15) is 0 Å². The van der Waals surface area contributed by atoms with E-state index in [9.17, 15) is 0 Å². The van der Waals surface area contributed by atoms with Crippen molar-refractivity contribution in [2.75, 3.05) is 0 Å². The van der Waals surface area contributed by atoms with Crippen molar-refractivity contribution in [3.05, 3.63) is 534 Å². The lowest BCUT2D eigenvalue weighted by Crippen LogP contribution is -1.94. The summed E-state index contributed by atoms with van der Waals surface area (Å²) < 4.78 is 0. The molecule has 26 aromatic carbocycles. The van der Waals surface area contributed by atoms with E-state index in [0.29, 0.717) is 0 Å². The summed E-state index contributed by atoms with van der Waals surface area (Å²) in [4.78, 5) is 0. The molecule has 0 amide bonds. The second-order valence-corrected chi connectivity index (χ2v) is 35.0. The van der Waals surface area contributed by atoms with E-state index in [1.54, 1.807) is 0 Å². The fourth-order valence-electron chi connectivity index (χ4n) is 21.2. The summed E-state index contributed by atoms with van der Waals surface area (Å²) in [6.07, 6.45) is 0. The van der Waals surface area contributed by atoms with E-state index in [0.717, 1.165) is 0 Å². The maximum Gasteiger partial charge on any atom is -0.00139 e. The average Bonchev–Trinajstić information content (AvgIpc) is 0.738. The van der Waals surface area contributed by atoms with Crippen LogP contribution >= 0.6 is 0 Å². The highest BCUT2D eigenvalue weighted by molar-refractivity contribution is 6.31. The second kappa shape index (κ2) is 34.9.